The van der Waals surface area contributed by atoms with Crippen molar-refractivity contribution in [3.8, 4) is 0 Å². The van der Waals surface area contributed by atoms with Gasteiger partial charge in [0.25, 0.3) is 0 Å². The Balaban J connectivity index is 1.49. The van der Waals surface area contributed by atoms with Gasteiger partial charge in [-0.05, 0) is 37.1 Å². The van der Waals surface area contributed by atoms with Crippen LogP contribution < -0.4 is 10.6 Å². The maximum atomic E-state index is 14.0. The third kappa shape index (κ3) is 4.84. The lowest BCUT2D eigenvalue weighted by molar-refractivity contribution is 0.231. The Morgan fingerprint density at radius 1 is 1.16 bits per heavy atom. The van der Waals surface area contributed by atoms with E-state index in [0.717, 1.165) is 24.5 Å². The van der Waals surface area contributed by atoms with Crippen LogP contribution in [0.15, 0.2) is 35.5 Å². The molecule has 9 heteroatoms. The van der Waals surface area contributed by atoms with Gasteiger partial charge in [-0.2, -0.15) is 0 Å². The molecule has 164 valence electrons. The smallest absolute Gasteiger partial charge is 0.142 e. The molecule has 0 spiro atoms. The minimum Gasteiger partial charge on any atom is -0.386 e. The van der Waals surface area contributed by atoms with Crippen LogP contribution in [0.2, 0.25) is 10.0 Å². The molecule has 2 aliphatic heterocycles. The van der Waals surface area contributed by atoms with Gasteiger partial charge in [0.2, 0.25) is 0 Å². The normalized spacial score (nSPS) is 19.5. The molecule has 1 fully saturated rings. The summed E-state index contributed by atoms with van der Waals surface area (Å²) in [5, 5.41) is 9.04. The third-order valence-corrected chi connectivity index (χ3v) is 6.65. The number of anilines is 1. The molecule has 0 radical (unpaired) electrons. The molecule has 1 atom stereocenters. The first-order chi connectivity index (χ1) is 14.9. The summed E-state index contributed by atoms with van der Waals surface area (Å²) in [6.07, 6.45) is 4.49. The Hall–Kier alpha value is -2.22. The second-order valence-corrected chi connectivity index (χ2v) is 8.68. The van der Waals surface area contributed by atoms with Crippen LogP contribution in [0.5, 0.6) is 0 Å². The summed E-state index contributed by atoms with van der Waals surface area (Å²) < 4.78 is 14.0. The van der Waals surface area contributed by atoms with Crippen molar-refractivity contribution in [2.75, 3.05) is 31.1 Å². The highest BCUT2D eigenvalue weighted by molar-refractivity contribution is 6.36. The molecule has 2 aliphatic rings. The van der Waals surface area contributed by atoms with E-state index in [1.54, 1.807) is 6.20 Å². The Morgan fingerprint density at radius 3 is 2.65 bits per heavy atom. The molecule has 1 aromatic carbocycles. The fourth-order valence-electron chi connectivity index (χ4n) is 4.10. The zero-order valence-corrected chi connectivity index (χ0v) is 18.6. The van der Waals surface area contributed by atoms with E-state index in [9.17, 15) is 4.39 Å². The highest BCUT2D eigenvalue weighted by atomic mass is 35.5. The minimum atomic E-state index is -0.506. The molecular formula is C22H25Cl2FN6. The Morgan fingerprint density at radius 2 is 1.94 bits per heavy atom. The molecule has 3 heterocycles. The zero-order valence-electron chi connectivity index (χ0n) is 17.1. The fourth-order valence-corrected chi connectivity index (χ4v) is 4.60. The number of amidine groups is 1. The van der Waals surface area contributed by atoms with Crippen LogP contribution in [0.4, 0.5) is 10.2 Å². The van der Waals surface area contributed by atoms with Crippen LogP contribution in [0.1, 0.15) is 30.4 Å². The Bertz CT molecular complexity index is 988. The highest BCUT2D eigenvalue weighted by Gasteiger charge is 2.28. The fraction of sp³-hybridized carbons (Fsp3) is 0.409. The molecule has 4 rings (SSSR count). The summed E-state index contributed by atoms with van der Waals surface area (Å²) in [4.78, 5) is 13.2. The number of halogens is 3. The molecule has 0 saturated carbocycles. The standard InChI is InChI=1S/C22H25Cl2FN6/c23-16-4-5-17(25)21(24)15(16)13-31-10-7-28-22(27)19(31)11-18(26)14-3-6-20(29-12-14)30-8-1-2-9-30/h3-6,12,19,26H,1-2,7-11,13H2,(H2,27,28). The lowest BCUT2D eigenvalue weighted by Gasteiger charge is -2.34. The van der Waals surface area contributed by atoms with Crippen LogP contribution in [0.3, 0.4) is 0 Å². The number of rotatable bonds is 6. The molecular weight excluding hydrogens is 438 g/mol. The average molecular weight is 463 g/mol. The van der Waals surface area contributed by atoms with E-state index >= 15 is 0 Å². The first-order valence-corrected chi connectivity index (χ1v) is 11.1. The van der Waals surface area contributed by atoms with Crippen molar-refractivity contribution in [2.45, 2.75) is 31.8 Å². The molecule has 1 saturated heterocycles. The summed E-state index contributed by atoms with van der Waals surface area (Å²) in [5.41, 5.74) is 7.91. The summed E-state index contributed by atoms with van der Waals surface area (Å²) in [6, 6.07) is 6.37. The Labute approximate surface area is 191 Å². The van der Waals surface area contributed by atoms with Gasteiger partial charge in [0.05, 0.1) is 17.6 Å². The number of nitrogens with one attached hydrogen (secondary N) is 1. The number of aromatic nitrogens is 1. The molecule has 1 unspecified atom stereocenters. The van der Waals surface area contributed by atoms with Crippen molar-refractivity contribution in [3.05, 3.63) is 57.5 Å². The molecule has 6 nitrogen and oxygen atoms in total. The number of nitrogens with zero attached hydrogens (tertiary/aromatic N) is 4. The number of benzene rings is 1. The van der Waals surface area contributed by atoms with Crippen molar-refractivity contribution < 1.29 is 4.39 Å². The van der Waals surface area contributed by atoms with Crippen molar-refractivity contribution in [3.63, 3.8) is 0 Å². The van der Waals surface area contributed by atoms with Crippen molar-refractivity contribution in [1.29, 1.82) is 5.41 Å². The lowest BCUT2D eigenvalue weighted by atomic mass is 10.0. The lowest BCUT2D eigenvalue weighted by Crippen LogP contribution is -2.50. The van der Waals surface area contributed by atoms with E-state index in [2.05, 4.69) is 19.8 Å². The topological polar surface area (TPSA) is 81.6 Å². The predicted octanol–water partition coefficient (Wildman–Crippen LogP) is 4.13. The highest BCUT2D eigenvalue weighted by Crippen LogP contribution is 2.30. The van der Waals surface area contributed by atoms with Gasteiger partial charge in [0.1, 0.15) is 17.5 Å². The third-order valence-electron chi connectivity index (χ3n) is 5.89. The van der Waals surface area contributed by atoms with Crippen molar-refractivity contribution >= 4 is 40.6 Å². The van der Waals surface area contributed by atoms with Gasteiger partial charge in [-0.15, -0.1) is 0 Å². The number of hydrogen-bond acceptors (Lipinski definition) is 6. The summed E-state index contributed by atoms with van der Waals surface area (Å²) in [6.45, 7) is 3.54. The van der Waals surface area contributed by atoms with Gasteiger partial charge >= 0.3 is 0 Å². The van der Waals surface area contributed by atoms with Gasteiger partial charge < -0.3 is 16.0 Å². The van der Waals surface area contributed by atoms with E-state index < -0.39 is 5.82 Å². The molecule has 31 heavy (non-hydrogen) atoms. The van der Waals surface area contributed by atoms with E-state index in [0.29, 0.717) is 48.2 Å². The zero-order chi connectivity index (χ0) is 22.0. The average Bonchev–Trinajstić information content (AvgIpc) is 3.31. The van der Waals surface area contributed by atoms with Gasteiger partial charge in [0, 0.05) is 60.7 Å². The second-order valence-electron chi connectivity index (χ2n) is 7.90. The van der Waals surface area contributed by atoms with Crippen LogP contribution in [0, 0.1) is 11.2 Å². The summed E-state index contributed by atoms with van der Waals surface area (Å²) in [7, 11) is 0. The monoisotopic (exact) mass is 462 g/mol. The predicted molar refractivity (Wildman–Crippen MR) is 124 cm³/mol. The molecule has 0 amide bonds. The first kappa shape index (κ1) is 22.0. The van der Waals surface area contributed by atoms with E-state index in [1.165, 1.54) is 25.0 Å². The molecule has 0 aliphatic carbocycles. The molecule has 3 N–H and O–H groups in total. The maximum absolute atomic E-state index is 14.0. The van der Waals surface area contributed by atoms with E-state index in [1.807, 2.05) is 12.1 Å². The van der Waals surface area contributed by atoms with Gasteiger partial charge in [-0.3, -0.25) is 9.89 Å². The summed E-state index contributed by atoms with van der Waals surface area (Å²) >= 11 is 12.5. The first-order valence-electron chi connectivity index (χ1n) is 10.4. The SMILES string of the molecule is N=C(CC1C(N)=NCCN1Cc1c(Cl)ccc(F)c1Cl)c1ccc(N2CCCC2)nc1. The number of nitrogens with two attached hydrogens (primary N) is 1. The number of hydrogen-bond donors (Lipinski definition) is 2. The van der Waals surface area contributed by atoms with E-state index in [4.69, 9.17) is 34.3 Å². The van der Waals surface area contributed by atoms with Gasteiger partial charge in [-0.1, -0.05) is 23.2 Å². The van der Waals surface area contributed by atoms with Crippen LogP contribution in [-0.4, -0.2) is 53.7 Å². The molecule has 0 bridgehead atoms. The minimum absolute atomic E-state index is 0.0177. The second kappa shape index (κ2) is 9.51. The maximum Gasteiger partial charge on any atom is 0.142 e. The quantitative estimate of drug-likeness (QED) is 0.499. The Kier molecular flexibility index (Phi) is 6.74. The van der Waals surface area contributed by atoms with E-state index in [-0.39, 0.29) is 11.1 Å². The number of aliphatic imine (C=N–C) groups is 1. The number of pyridine rings is 1. The molecule has 1 aromatic heterocycles. The largest absolute Gasteiger partial charge is 0.386 e. The summed E-state index contributed by atoms with van der Waals surface area (Å²) in [5.74, 6) is 0.902. The van der Waals surface area contributed by atoms with Gasteiger partial charge in [0.15, 0.2) is 0 Å². The van der Waals surface area contributed by atoms with Crippen LogP contribution in [0.25, 0.3) is 0 Å². The van der Waals surface area contributed by atoms with Crippen LogP contribution >= 0.6 is 23.2 Å². The van der Waals surface area contributed by atoms with Crippen molar-refractivity contribution in [1.82, 2.24) is 9.88 Å². The van der Waals surface area contributed by atoms with Gasteiger partial charge in [-0.25, -0.2) is 9.37 Å². The van der Waals surface area contributed by atoms with Crippen molar-refractivity contribution in [2.24, 2.45) is 10.7 Å². The van der Waals surface area contributed by atoms with Crippen LogP contribution in [-0.2, 0) is 6.54 Å². The molecule has 2 aromatic rings.